The first-order valence-corrected chi connectivity index (χ1v) is 7.46. The smallest absolute Gasteiger partial charge is 0.329 e. The lowest BCUT2D eigenvalue weighted by Crippen LogP contribution is -2.39. The molecule has 21 heavy (non-hydrogen) atoms. The normalized spacial score (nSPS) is 20.8. The van der Waals surface area contributed by atoms with Crippen molar-refractivity contribution in [1.29, 1.82) is 0 Å². The van der Waals surface area contributed by atoms with Gasteiger partial charge in [0.1, 0.15) is 6.20 Å². The molecule has 1 aliphatic rings. The Morgan fingerprint density at radius 3 is 2.86 bits per heavy atom. The fourth-order valence-electron chi connectivity index (χ4n) is 2.79. The molecule has 1 saturated carbocycles. The highest BCUT2D eigenvalue weighted by Gasteiger charge is 2.34. The summed E-state index contributed by atoms with van der Waals surface area (Å²) in [5.41, 5.74) is 0.0353. The van der Waals surface area contributed by atoms with Crippen molar-refractivity contribution in [2.24, 2.45) is 5.41 Å². The first-order chi connectivity index (χ1) is 9.94. The van der Waals surface area contributed by atoms with Crippen LogP contribution in [-0.4, -0.2) is 27.5 Å². The molecule has 1 atom stereocenters. The average Bonchev–Trinajstić information content (AvgIpc) is 2.41. The molecule has 2 N–H and O–H groups in total. The maximum Gasteiger partial charge on any atom is 0.329 e. The third-order valence-corrected chi connectivity index (χ3v) is 4.12. The summed E-state index contributed by atoms with van der Waals surface area (Å²) in [6, 6.07) is 0.189. The van der Waals surface area contributed by atoms with Crippen molar-refractivity contribution in [1.82, 2.24) is 9.97 Å². The Morgan fingerprint density at radius 2 is 2.24 bits per heavy atom. The standard InChI is InChI=1S/C14H23N5O2/c1-4-15-13-16-9-10(19(20)21)12(18-13)17-11-7-5-6-8-14(11,2)3/h9,11H,4-8H2,1-3H3,(H2,15,16,17,18). The van der Waals surface area contributed by atoms with Gasteiger partial charge >= 0.3 is 5.69 Å². The second-order valence-corrected chi connectivity index (χ2v) is 6.15. The number of aromatic nitrogens is 2. The van der Waals surface area contributed by atoms with Gasteiger partial charge in [-0.25, -0.2) is 4.98 Å². The van der Waals surface area contributed by atoms with Crippen LogP contribution in [0, 0.1) is 15.5 Å². The lowest BCUT2D eigenvalue weighted by molar-refractivity contribution is -0.384. The van der Waals surface area contributed by atoms with E-state index in [0.29, 0.717) is 18.3 Å². The summed E-state index contributed by atoms with van der Waals surface area (Å²) >= 11 is 0. The molecule has 0 saturated heterocycles. The van der Waals surface area contributed by atoms with Gasteiger partial charge in [0, 0.05) is 12.6 Å². The Hall–Kier alpha value is -1.92. The Morgan fingerprint density at radius 1 is 1.48 bits per heavy atom. The van der Waals surface area contributed by atoms with Crippen molar-refractivity contribution >= 4 is 17.5 Å². The van der Waals surface area contributed by atoms with Crippen molar-refractivity contribution in [2.75, 3.05) is 17.2 Å². The van der Waals surface area contributed by atoms with Crippen LogP contribution in [0.4, 0.5) is 17.5 Å². The van der Waals surface area contributed by atoms with Crippen LogP contribution in [-0.2, 0) is 0 Å². The predicted molar refractivity (Wildman–Crippen MR) is 82.5 cm³/mol. The second kappa shape index (κ2) is 6.24. The van der Waals surface area contributed by atoms with E-state index in [1.807, 2.05) is 6.92 Å². The van der Waals surface area contributed by atoms with Crippen LogP contribution < -0.4 is 10.6 Å². The van der Waals surface area contributed by atoms with Gasteiger partial charge in [-0.1, -0.05) is 26.7 Å². The summed E-state index contributed by atoms with van der Waals surface area (Å²) < 4.78 is 0. The molecule has 1 fully saturated rings. The summed E-state index contributed by atoms with van der Waals surface area (Å²) in [7, 11) is 0. The maximum absolute atomic E-state index is 11.2. The van der Waals surface area contributed by atoms with E-state index >= 15 is 0 Å². The molecule has 0 amide bonds. The Labute approximate surface area is 124 Å². The Kier molecular flexibility index (Phi) is 4.59. The van der Waals surface area contributed by atoms with E-state index in [1.54, 1.807) is 0 Å². The number of rotatable bonds is 5. The molecular weight excluding hydrogens is 270 g/mol. The highest BCUT2D eigenvalue weighted by molar-refractivity contribution is 5.57. The molecule has 0 spiro atoms. The van der Waals surface area contributed by atoms with Crippen LogP contribution in [0.5, 0.6) is 0 Å². The molecule has 1 aliphatic carbocycles. The number of hydrogen-bond acceptors (Lipinski definition) is 6. The minimum absolute atomic E-state index is 0.0713. The van der Waals surface area contributed by atoms with Crippen molar-refractivity contribution in [3.05, 3.63) is 16.3 Å². The summed E-state index contributed by atoms with van der Waals surface area (Å²) in [5, 5.41) is 17.4. The van der Waals surface area contributed by atoms with Crippen molar-refractivity contribution in [3.63, 3.8) is 0 Å². The number of hydrogen-bond donors (Lipinski definition) is 2. The number of nitrogens with zero attached hydrogens (tertiary/aromatic N) is 3. The summed E-state index contributed by atoms with van der Waals surface area (Å²) in [6.45, 7) is 7.00. The molecule has 7 heteroatoms. The number of nitrogens with one attached hydrogen (secondary N) is 2. The van der Waals surface area contributed by atoms with Crippen molar-refractivity contribution < 1.29 is 4.92 Å². The maximum atomic E-state index is 11.2. The van der Waals surface area contributed by atoms with E-state index in [4.69, 9.17) is 0 Å². The molecule has 1 unspecified atom stereocenters. The van der Waals surface area contributed by atoms with Crippen LogP contribution >= 0.6 is 0 Å². The quantitative estimate of drug-likeness (QED) is 0.639. The molecular formula is C14H23N5O2. The molecule has 0 bridgehead atoms. The monoisotopic (exact) mass is 293 g/mol. The van der Waals surface area contributed by atoms with Crippen LogP contribution in [0.1, 0.15) is 46.5 Å². The van der Waals surface area contributed by atoms with Crippen LogP contribution in [0.2, 0.25) is 0 Å². The number of nitro groups is 1. The van der Waals surface area contributed by atoms with Gasteiger partial charge in [-0.3, -0.25) is 10.1 Å². The fraction of sp³-hybridized carbons (Fsp3) is 0.714. The summed E-state index contributed by atoms with van der Waals surface area (Å²) in [5.74, 6) is 0.727. The van der Waals surface area contributed by atoms with E-state index in [2.05, 4.69) is 34.4 Å². The highest BCUT2D eigenvalue weighted by atomic mass is 16.6. The van der Waals surface area contributed by atoms with E-state index in [1.165, 1.54) is 12.6 Å². The third-order valence-electron chi connectivity index (χ3n) is 4.12. The van der Waals surface area contributed by atoms with Gasteiger partial charge in [-0.15, -0.1) is 0 Å². The van der Waals surface area contributed by atoms with Gasteiger partial charge in [-0.2, -0.15) is 4.98 Å². The van der Waals surface area contributed by atoms with Crippen molar-refractivity contribution in [3.8, 4) is 0 Å². The van der Waals surface area contributed by atoms with Gasteiger partial charge in [0.15, 0.2) is 0 Å². The van der Waals surface area contributed by atoms with Gasteiger partial charge in [0.25, 0.3) is 0 Å². The molecule has 0 aromatic carbocycles. The first-order valence-electron chi connectivity index (χ1n) is 7.46. The molecule has 0 radical (unpaired) electrons. The largest absolute Gasteiger partial charge is 0.361 e. The fourth-order valence-corrected chi connectivity index (χ4v) is 2.79. The number of anilines is 2. The van der Waals surface area contributed by atoms with E-state index in [-0.39, 0.29) is 17.1 Å². The minimum atomic E-state index is -0.437. The van der Waals surface area contributed by atoms with Gasteiger partial charge in [0.05, 0.1) is 4.92 Å². The van der Waals surface area contributed by atoms with E-state index in [9.17, 15) is 10.1 Å². The zero-order valence-corrected chi connectivity index (χ0v) is 12.8. The van der Waals surface area contributed by atoms with Gasteiger partial charge < -0.3 is 10.6 Å². The summed E-state index contributed by atoms with van der Waals surface area (Å²) in [6.07, 6.45) is 5.73. The zero-order chi connectivity index (χ0) is 15.5. The highest BCUT2D eigenvalue weighted by Crippen LogP contribution is 2.38. The third kappa shape index (κ3) is 3.59. The zero-order valence-electron chi connectivity index (χ0n) is 12.8. The van der Waals surface area contributed by atoms with Crippen LogP contribution in [0.15, 0.2) is 6.20 Å². The SMILES string of the molecule is CCNc1ncc([N+](=O)[O-])c(NC2CCCCC2(C)C)n1. The summed E-state index contributed by atoms with van der Waals surface area (Å²) in [4.78, 5) is 19.0. The van der Waals surface area contributed by atoms with Crippen LogP contribution in [0.25, 0.3) is 0 Å². The predicted octanol–water partition coefficient (Wildman–Crippen LogP) is 3.20. The van der Waals surface area contributed by atoms with Gasteiger partial charge in [-0.05, 0) is 25.2 Å². The van der Waals surface area contributed by atoms with E-state index in [0.717, 1.165) is 19.3 Å². The molecule has 1 heterocycles. The van der Waals surface area contributed by atoms with Gasteiger partial charge in [0.2, 0.25) is 11.8 Å². The molecule has 1 aromatic rings. The molecule has 1 aromatic heterocycles. The molecule has 7 nitrogen and oxygen atoms in total. The topological polar surface area (TPSA) is 93.0 Å². The first kappa shape index (κ1) is 15.5. The lowest BCUT2D eigenvalue weighted by atomic mass is 9.73. The second-order valence-electron chi connectivity index (χ2n) is 6.15. The Balaban J connectivity index is 2.27. The molecule has 116 valence electrons. The molecule has 0 aliphatic heterocycles. The minimum Gasteiger partial charge on any atom is -0.361 e. The van der Waals surface area contributed by atoms with E-state index < -0.39 is 4.92 Å². The molecule has 2 rings (SSSR count). The van der Waals surface area contributed by atoms with Crippen molar-refractivity contribution in [2.45, 2.75) is 52.5 Å². The lowest BCUT2D eigenvalue weighted by Gasteiger charge is -2.39. The average molecular weight is 293 g/mol. The Bertz CT molecular complexity index is 518. The van der Waals surface area contributed by atoms with Crippen LogP contribution in [0.3, 0.4) is 0 Å².